The highest BCUT2D eigenvalue weighted by Gasteiger charge is 2.14. The number of nitrogens with one attached hydrogen (secondary N) is 1. The van der Waals surface area contributed by atoms with Crippen LogP contribution in [0.1, 0.15) is 32.2 Å². The van der Waals surface area contributed by atoms with E-state index in [1.165, 1.54) is 9.13 Å². The lowest BCUT2D eigenvalue weighted by atomic mass is 10.2. The van der Waals surface area contributed by atoms with Crippen LogP contribution in [0.3, 0.4) is 0 Å². The number of hydrogen-bond donors (Lipinski definition) is 1. The van der Waals surface area contributed by atoms with Gasteiger partial charge in [-0.15, -0.1) is 0 Å². The minimum atomic E-state index is -0.342. The number of benzene rings is 1. The number of hydrogen-bond acceptors (Lipinski definition) is 4. The van der Waals surface area contributed by atoms with Gasteiger partial charge in [0.1, 0.15) is 17.1 Å². The molecule has 0 bridgehead atoms. The molecular weight excluding hydrogens is 332 g/mol. The van der Waals surface area contributed by atoms with Gasteiger partial charge in [-0.2, -0.15) is 0 Å². The number of aromatic nitrogens is 4. The van der Waals surface area contributed by atoms with Crippen LogP contribution in [-0.4, -0.2) is 25.7 Å². The highest BCUT2D eigenvalue weighted by atomic mass is 16.5. The third-order valence-corrected chi connectivity index (χ3v) is 4.14. The number of imidazole rings is 1. The largest absolute Gasteiger partial charge is 0.494 e. The monoisotopic (exact) mass is 354 g/mol. The Hall–Kier alpha value is -3.09. The number of ether oxygens (including phenoxy) is 1. The Morgan fingerprint density at radius 2 is 1.73 bits per heavy atom. The number of nitrogens with zero attached hydrogens (tertiary/aromatic N) is 3. The maximum absolute atomic E-state index is 12.5. The molecule has 0 radical (unpaired) electrons. The molecule has 2 aromatic heterocycles. The fourth-order valence-corrected chi connectivity index (χ4v) is 2.84. The molecule has 7 heteroatoms. The van der Waals surface area contributed by atoms with Crippen molar-refractivity contribution in [2.45, 2.75) is 33.9 Å². The fourth-order valence-electron chi connectivity index (χ4n) is 2.84. The molecule has 0 fully saturated rings. The van der Waals surface area contributed by atoms with E-state index in [0.717, 1.165) is 11.3 Å². The van der Waals surface area contributed by atoms with Gasteiger partial charge in [0.15, 0.2) is 5.65 Å². The molecule has 3 rings (SSSR count). The van der Waals surface area contributed by atoms with E-state index < -0.39 is 0 Å². The van der Waals surface area contributed by atoms with Crippen molar-refractivity contribution in [2.24, 2.45) is 0 Å². The molecule has 2 heterocycles. The molecule has 0 saturated heterocycles. The summed E-state index contributed by atoms with van der Waals surface area (Å²) in [4.78, 5) is 32.3. The van der Waals surface area contributed by atoms with Crippen molar-refractivity contribution in [3.63, 3.8) is 0 Å². The molecule has 1 aromatic carbocycles. The van der Waals surface area contributed by atoms with Crippen LogP contribution >= 0.6 is 0 Å². The number of H-pyrrole nitrogens is 1. The molecule has 0 amide bonds. The third-order valence-electron chi connectivity index (χ3n) is 4.14. The van der Waals surface area contributed by atoms with Gasteiger partial charge in [0.2, 0.25) is 0 Å². The summed E-state index contributed by atoms with van der Waals surface area (Å²) in [5.74, 6) is 1.35. The van der Waals surface area contributed by atoms with Crippen molar-refractivity contribution in [3.05, 3.63) is 56.5 Å². The fraction of sp³-hybridized carbons (Fsp3) is 0.316. The Balaban J connectivity index is 2.00. The first kappa shape index (κ1) is 17.7. The first-order valence-corrected chi connectivity index (χ1v) is 8.73. The minimum Gasteiger partial charge on any atom is -0.494 e. The predicted octanol–water partition coefficient (Wildman–Crippen LogP) is 2.50. The van der Waals surface area contributed by atoms with E-state index in [1.807, 2.05) is 44.2 Å². The number of rotatable bonds is 6. The van der Waals surface area contributed by atoms with E-state index in [9.17, 15) is 9.59 Å². The molecule has 7 nitrogen and oxygen atoms in total. The first-order chi connectivity index (χ1) is 12.6. The summed E-state index contributed by atoms with van der Waals surface area (Å²) in [7, 11) is 0. The molecule has 0 aliphatic rings. The van der Waals surface area contributed by atoms with Crippen molar-refractivity contribution >= 4 is 23.3 Å². The van der Waals surface area contributed by atoms with Gasteiger partial charge in [-0.05, 0) is 44.5 Å². The number of fused-ring (bicyclic) bond motifs is 1. The lowest BCUT2D eigenvalue weighted by Gasteiger charge is -2.06. The van der Waals surface area contributed by atoms with Gasteiger partial charge in [-0.3, -0.25) is 13.9 Å². The summed E-state index contributed by atoms with van der Waals surface area (Å²) in [6.45, 7) is 6.97. The SMILES string of the molecule is CCOc1ccc(C=Cc2nc3c([nH]2)c(=O)n(CC)c(=O)n3CC)cc1. The maximum atomic E-state index is 12.5. The summed E-state index contributed by atoms with van der Waals surface area (Å²) in [5, 5.41) is 0. The molecule has 0 aliphatic heterocycles. The molecule has 0 aliphatic carbocycles. The Bertz CT molecular complexity index is 1060. The highest BCUT2D eigenvalue weighted by Crippen LogP contribution is 2.14. The second-order valence-electron chi connectivity index (χ2n) is 5.73. The van der Waals surface area contributed by atoms with Crippen LogP contribution < -0.4 is 16.0 Å². The molecule has 0 spiro atoms. The minimum absolute atomic E-state index is 0.323. The van der Waals surface area contributed by atoms with Crippen molar-refractivity contribution in [2.75, 3.05) is 6.61 Å². The van der Waals surface area contributed by atoms with Gasteiger partial charge in [-0.25, -0.2) is 9.78 Å². The van der Waals surface area contributed by atoms with E-state index >= 15 is 0 Å². The zero-order valence-corrected chi connectivity index (χ0v) is 15.2. The summed E-state index contributed by atoms with van der Waals surface area (Å²) in [6.07, 6.45) is 3.68. The van der Waals surface area contributed by atoms with Crippen LogP contribution in [0.5, 0.6) is 5.75 Å². The maximum Gasteiger partial charge on any atom is 0.332 e. The Kier molecular flexibility index (Phi) is 5.06. The van der Waals surface area contributed by atoms with Gasteiger partial charge in [0, 0.05) is 13.1 Å². The summed E-state index contributed by atoms with van der Waals surface area (Å²) in [5.41, 5.74) is 1.04. The number of aryl methyl sites for hydroxylation is 1. The molecule has 3 aromatic rings. The van der Waals surface area contributed by atoms with Crippen LogP contribution in [0.15, 0.2) is 33.9 Å². The van der Waals surface area contributed by atoms with Crippen LogP contribution in [0, 0.1) is 0 Å². The molecule has 26 heavy (non-hydrogen) atoms. The second-order valence-corrected chi connectivity index (χ2v) is 5.73. The van der Waals surface area contributed by atoms with Crippen LogP contribution in [-0.2, 0) is 13.1 Å². The van der Waals surface area contributed by atoms with Gasteiger partial charge in [0.05, 0.1) is 6.61 Å². The molecular formula is C19H22N4O3. The van der Waals surface area contributed by atoms with E-state index in [4.69, 9.17) is 4.74 Å². The average molecular weight is 354 g/mol. The predicted molar refractivity (Wildman–Crippen MR) is 103 cm³/mol. The zero-order chi connectivity index (χ0) is 18.7. The van der Waals surface area contributed by atoms with Gasteiger partial charge >= 0.3 is 5.69 Å². The summed E-state index contributed by atoms with van der Waals surface area (Å²) >= 11 is 0. The van der Waals surface area contributed by atoms with Crippen LogP contribution in [0.2, 0.25) is 0 Å². The zero-order valence-electron chi connectivity index (χ0n) is 15.2. The summed E-state index contributed by atoms with van der Waals surface area (Å²) in [6, 6.07) is 7.68. The topological polar surface area (TPSA) is 81.9 Å². The second kappa shape index (κ2) is 7.43. The average Bonchev–Trinajstić information content (AvgIpc) is 3.06. The van der Waals surface area contributed by atoms with Crippen molar-refractivity contribution in [3.8, 4) is 5.75 Å². The summed E-state index contributed by atoms with van der Waals surface area (Å²) < 4.78 is 8.14. The van der Waals surface area contributed by atoms with E-state index in [0.29, 0.717) is 36.7 Å². The quantitative estimate of drug-likeness (QED) is 0.737. The van der Waals surface area contributed by atoms with Gasteiger partial charge < -0.3 is 9.72 Å². The van der Waals surface area contributed by atoms with Crippen molar-refractivity contribution in [1.29, 1.82) is 0 Å². The van der Waals surface area contributed by atoms with Gasteiger partial charge in [-0.1, -0.05) is 18.2 Å². The molecule has 0 atom stereocenters. The smallest absolute Gasteiger partial charge is 0.332 e. The highest BCUT2D eigenvalue weighted by molar-refractivity contribution is 5.75. The van der Waals surface area contributed by atoms with Crippen LogP contribution in [0.25, 0.3) is 23.3 Å². The molecule has 1 N–H and O–H groups in total. The van der Waals surface area contributed by atoms with E-state index in [2.05, 4.69) is 9.97 Å². The normalized spacial score (nSPS) is 11.5. The lowest BCUT2D eigenvalue weighted by Crippen LogP contribution is -2.39. The molecule has 136 valence electrons. The standard InChI is InChI=1S/C19H22N4O3/c1-4-22-17-16(18(24)23(5-2)19(22)25)20-15(21-17)12-9-13-7-10-14(11-8-13)26-6-3/h7-12H,4-6H2,1-3H3,(H,20,21). The number of aromatic amines is 1. The lowest BCUT2D eigenvalue weighted by molar-refractivity contribution is 0.340. The van der Waals surface area contributed by atoms with Crippen molar-refractivity contribution < 1.29 is 4.74 Å². The Morgan fingerprint density at radius 1 is 1.04 bits per heavy atom. The molecule has 0 unspecified atom stereocenters. The van der Waals surface area contributed by atoms with Crippen LogP contribution in [0.4, 0.5) is 0 Å². The first-order valence-electron chi connectivity index (χ1n) is 8.73. The van der Waals surface area contributed by atoms with E-state index in [1.54, 1.807) is 13.0 Å². The van der Waals surface area contributed by atoms with Crippen molar-refractivity contribution in [1.82, 2.24) is 19.1 Å². The van der Waals surface area contributed by atoms with E-state index in [-0.39, 0.29) is 11.2 Å². The Morgan fingerprint density at radius 3 is 2.35 bits per heavy atom. The van der Waals surface area contributed by atoms with Gasteiger partial charge in [0.25, 0.3) is 5.56 Å². The Labute approximate surface area is 150 Å². The molecule has 0 saturated carbocycles. The third kappa shape index (κ3) is 3.20.